The number of allylic oxidation sites excluding steroid dienone is 1. The van der Waals surface area contributed by atoms with Crippen molar-refractivity contribution < 1.29 is 0 Å². The molecular formula is C27H38N5P. The maximum Gasteiger partial charge on any atom is 0.0777 e. The molecule has 2 atom stereocenters. The largest absolute Gasteiger partial charge is 0.401 e. The number of hydrazine groups is 1. The number of nitrogens with one attached hydrogen (secondary N) is 1. The number of aryl methyl sites for hydroxylation is 1. The molecule has 4 rings (SSSR count). The third kappa shape index (κ3) is 5.11. The van der Waals surface area contributed by atoms with Crippen LogP contribution >= 0.6 is 9.24 Å². The number of benzene rings is 2. The van der Waals surface area contributed by atoms with Crippen molar-refractivity contribution in [3.05, 3.63) is 70.4 Å². The van der Waals surface area contributed by atoms with Gasteiger partial charge in [-0.1, -0.05) is 30.3 Å². The summed E-state index contributed by atoms with van der Waals surface area (Å²) in [5.74, 6) is 6.48. The van der Waals surface area contributed by atoms with Crippen molar-refractivity contribution in [1.29, 1.82) is 0 Å². The standard InChI is InChI=1S/C27H38N5P/c1-17(2)31-12-9-20(10-13-31)21-6-7-22-23(16-21)24(11-14-32(29)27(22)19(4)28)30-25-15-18(3)5-8-26(25)33/h5-9,15-17,24,30H,10-14,28-29,33H2,1-4H3/b27-19-. The monoisotopic (exact) mass is 463 g/mol. The Hall–Kier alpha value is -2.33. The van der Waals surface area contributed by atoms with Gasteiger partial charge in [0.1, 0.15) is 0 Å². The van der Waals surface area contributed by atoms with Gasteiger partial charge in [0.15, 0.2) is 0 Å². The Morgan fingerprint density at radius 2 is 1.94 bits per heavy atom. The molecule has 6 heteroatoms. The Morgan fingerprint density at radius 3 is 2.61 bits per heavy atom. The Bertz CT molecular complexity index is 1080. The van der Waals surface area contributed by atoms with Crippen molar-refractivity contribution in [2.75, 3.05) is 25.0 Å². The molecule has 0 amide bonds. The van der Waals surface area contributed by atoms with E-state index in [1.807, 2.05) is 11.9 Å². The van der Waals surface area contributed by atoms with E-state index in [1.165, 1.54) is 27.6 Å². The quantitative estimate of drug-likeness (QED) is 0.464. The topological polar surface area (TPSA) is 70.5 Å². The molecule has 0 radical (unpaired) electrons. The van der Waals surface area contributed by atoms with E-state index in [2.05, 4.69) is 82.7 Å². The van der Waals surface area contributed by atoms with Crippen molar-refractivity contribution in [2.45, 2.75) is 52.6 Å². The van der Waals surface area contributed by atoms with E-state index in [0.717, 1.165) is 55.1 Å². The number of rotatable bonds is 4. The van der Waals surface area contributed by atoms with Gasteiger partial charge in [-0.05, 0) is 80.2 Å². The van der Waals surface area contributed by atoms with Gasteiger partial charge in [-0.25, -0.2) is 5.84 Å². The Morgan fingerprint density at radius 1 is 1.15 bits per heavy atom. The molecule has 0 bridgehead atoms. The predicted molar refractivity (Wildman–Crippen MR) is 145 cm³/mol. The first-order valence-corrected chi connectivity index (χ1v) is 12.5. The first-order chi connectivity index (χ1) is 15.7. The molecule has 2 unspecified atom stereocenters. The zero-order chi connectivity index (χ0) is 23.7. The lowest BCUT2D eigenvalue weighted by Gasteiger charge is -2.30. The molecule has 2 aromatic rings. The van der Waals surface area contributed by atoms with Crippen LogP contribution in [0.15, 0.2) is 48.2 Å². The van der Waals surface area contributed by atoms with Crippen LogP contribution in [0.2, 0.25) is 0 Å². The van der Waals surface area contributed by atoms with Gasteiger partial charge in [0.05, 0.1) is 11.7 Å². The maximum absolute atomic E-state index is 6.48. The van der Waals surface area contributed by atoms with Gasteiger partial charge in [0, 0.05) is 42.6 Å². The minimum atomic E-state index is 0.139. The van der Waals surface area contributed by atoms with Crippen LogP contribution in [0.4, 0.5) is 5.69 Å². The highest BCUT2D eigenvalue weighted by Gasteiger charge is 2.27. The smallest absolute Gasteiger partial charge is 0.0777 e. The van der Waals surface area contributed by atoms with Gasteiger partial charge >= 0.3 is 0 Å². The van der Waals surface area contributed by atoms with Crippen LogP contribution in [0.5, 0.6) is 0 Å². The molecule has 2 aromatic carbocycles. The normalized spacial score (nSPS) is 20.9. The molecule has 2 heterocycles. The van der Waals surface area contributed by atoms with Crippen LogP contribution in [0.25, 0.3) is 11.3 Å². The van der Waals surface area contributed by atoms with Crippen LogP contribution < -0.4 is 22.2 Å². The molecule has 2 aliphatic heterocycles. The van der Waals surface area contributed by atoms with Crippen molar-refractivity contribution in [1.82, 2.24) is 9.91 Å². The number of fused-ring (bicyclic) bond motifs is 1. The summed E-state index contributed by atoms with van der Waals surface area (Å²) in [4.78, 5) is 2.51. The summed E-state index contributed by atoms with van der Waals surface area (Å²) in [6.45, 7) is 11.4. The fourth-order valence-electron chi connectivity index (χ4n) is 4.94. The molecule has 0 saturated carbocycles. The second-order valence-corrected chi connectivity index (χ2v) is 10.3. The fraction of sp³-hybridized carbons (Fsp3) is 0.407. The van der Waals surface area contributed by atoms with E-state index in [0.29, 0.717) is 6.04 Å². The van der Waals surface area contributed by atoms with E-state index >= 15 is 0 Å². The van der Waals surface area contributed by atoms with Crippen molar-refractivity contribution in [3.63, 3.8) is 0 Å². The summed E-state index contributed by atoms with van der Waals surface area (Å²) in [5, 5.41) is 6.81. The van der Waals surface area contributed by atoms with Crippen LogP contribution in [-0.2, 0) is 0 Å². The Kier molecular flexibility index (Phi) is 7.13. The molecule has 0 spiro atoms. The highest BCUT2D eigenvalue weighted by Crippen LogP contribution is 2.37. The summed E-state index contributed by atoms with van der Waals surface area (Å²) >= 11 is 0. The molecule has 0 saturated heterocycles. The van der Waals surface area contributed by atoms with E-state index in [9.17, 15) is 0 Å². The van der Waals surface area contributed by atoms with E-state index in [4.69, 9.17) is 11.6 Å². The number of nitrogens with two attached hydrogens (primary N) is 2. The molecule has 33 heavy (non-hydrogen) atoms. The maximum atomic E-state index is 6.48. The molecular weight excluding hydrogens is 425 g/mol. The lowest BCUT2D eigenvalue weighted by Crippen LogP contribution is -2.34. The average molecular weight is 464 g/mol. The van der Waals surface area contributed by atoms with Gasteiger partial charge in [0.25, 0.3) is 0 Å². The number of hydrogen-bond donors (Lipinski definition) is 3. The second-order valence-electron chi connectivity index (χ2n) is 9.67. The summed E-state index contributed by atoms with van der Waals surface area (Å²) in [7, 11) is 2.85. The predicted octanol–water partition coefficient (Wildman–Crippen LogP) is 4.37. The molecule has 5 nitrogen and oxygen atoms in total. The Balaban J connectivity index is 1.76. The van der Waals surface area contributed by atoms with E-state index in [1.54, 1.807) is 0 Å². The SMILES string of the molecule is C/C(N)=C1\c2ccc(C3=CCN(C(C)C)CC3)cc2C(Nc2cc(C)ccc2P)CCN1N. The number of anilines is 1. The zero-order valence-electron chi connectivity index (χ0n) is 20.4. The van der Waals surface area contributed by atoms with Crippen molar-refractivity contribution in [3.8, 4) is 0 Å². The lowest BCUT2D eigenvalue weighted by molar-refractivity contribution is 0.245. The lowest BCUT2D eigenvalue weighted by atomic mass is 9.90. The molecule has 0 aliphatic carbocycles. The third-order valence-corrected chi connectivity index (χ3v) is 7.39. The summed E-state index contributed by atoms with van der Waals surface area (Å²) in [5.41, 5.74) is 15.5. The molecule has 5 N–H and O–H groups in total. The fourth-order valence-corrected chi connectivity index (χ4v) is 5.21. The summed E-state index contributed by atoms with van der Waals surface area (Å²) < 4.78 is 0. The van der Waals surface area contributed by atoms with Gasteiger partial charge in [-0.3, -0.25) is 4.90 Å². The highest BCUT2D eigenvalue weighted by atomic mass is 31.0. The number of hydrogen-bond acceptors (Lipinski definition) is 5. The average Bonchev–Trinajstić information content (AvgIpc) is 2.92. The molecule has 176 valence electrons. The van der Waals surface area contributed by atoms with Gasteiger partial charge < -0.3 is 16.1 Å². The van der Waals surface area contributed by atoms with Crippen LogP contribution in [0, 0.1) is 6.92 Å². The number of nitrogens with zero attached hydrogens (tertiary/aromatic N) is 2. The zero-order valence-corrected chi connectivity index (χ0v) is 21.5. The first-order valence-electron chi connectivity index (χ1n) is 11.9. The van der Waals surface area contributed by atoms with Gasteiger partial charge in [-0.15, -0.1) is 9.24 Å². The first kappa shape index (κ1) is 23.8. The van der Waals surface area contributed by atoms with Crippen molar-refractivity contribution in [2.24, 2.45) is 11.6 Å². The third-order valence-electron chi connectivity index (χ3n) is 6.88. The minimum Gasteiger partial charge on any atom is -0.401 e. The van der Waals surface area contributed by atoms with Gasteiger partial charge in [0.2, 0.25) is 0 Å². The Labute approximate surface area is 201 Å². The van der Waals surface area contributed by atoms with E-state index < -0.39 is 0 Å². The molecule has 2 aliphatic rings. The second kappa shape index (κ2) is 9.89. The molecule has 0 aromatic heterocycles. The minimum absolute atomic E-state index is 0.139. The van der Waals surface area contributed by atoms with Crippen LogP contribution in [0.1, 0.15) is 61.9 Å². The highest BCUT2D eigenvalue weighted by molar-refractivity contribution is 7.28. The summed E-state index contributed by atoms with van der Waals surface area (Å²) in [6.07, 6.45) is 4.36. The van der Waals surface area contributed by atoms with Crippen LogP contribution in [0.3, 0.4) is 0 Å². The van der Waals surface area contributed by atoms with Crippen LogP contribution in [-0.4, -0.2) is 35.6 Å². The molecule has 0 fully saturated rings. The van der Waals surface area contributed by atoms with Crippen molar-refractivity contribution >= 4 is 31.5 Å². The summed E-state index contributed by atoms with van der Waals surface area (Å²) in [6, 6.07) is 14.0. The van der Waals surface area contributed by atoms with Gasteiger partial charge in [-0.2, -0.15) is 0 Å². The van der Waals surface area contributed by atoms with E-state index in [-0.39, 0.29) is 6.04 Å².